The number of ether oxygens (including phenoxy) is 1. The number of carbonyl (C=O) groups is 1. The Morgan fingerprint density at radius 3 is 2.35 bits per heavy atom. The fraction of sp³-hybridized carbons (Fsp3) is 0.133. The van der Waals surface area contributed by atoms with E-state index in [1.807, 2.05) is 24.3 Å². The van der Waals surface area contributed by atoms with Gasteiger partial charge in [-0.1, -0.05) is 0 Å². The summed E-state index contributed by atoms with van der Waals surface area (Å²) in [7, 11) is 1.71. The summed E-state index contributed by atoms with van der Waals surface area (Å²) >= 11 is 2.22. The molecule has 2 aromatic rings. The predicted molar refractivity (Wildman–Crippen MR) is 88.9 cm³/mol. The molecule has 0 saturated heterocycles. The molecule has 4 nitrogen and oxygen atoms in total. The molecule has 0 aliphatic rings. The lowest BCUT2D eigenvalue weighted by Crippen LogP contribution is -2.31. The molecule has 0 radical (unpaired) electrons. The standard InChI is InChI=1S/C15H15IN2O2/c1-18(13-6-4-12(17)5-7-13)15(19)10-20-14-8-2-11(16)3-9-14/h2-9H,10,17H2,1H3. The molecule has 2 rings (SSSR count). The van der Waals surface area contributed by atoms with E-state index in [2.05, 4.69) is 22.6 Å². The van der Waals surface area contributed by atoms with E-state index in [1.54, 1.807) is 36.2 Å². The van der Waals surface area contributed by atoms with Crippen molar-refractivity contribution in [1.82, 2.24) is 0 Å². The number of amides is 1. The van der Waals surface area contributed by atoms with Crippen molar-refractivity contribution in [2.75, 3.05) is 24.3 Å². The third kappa shape index (κ3) is 3.86. The number of hydrogen-bond donors (Lipinski definition) is 1. The van der Waals surface area contributed by atoms with Crippen molar-refractivity contribution in [3.63, 3.8) is 0 Å². The lowest BCUT2D eigenvalue weighted by Gasteiger charge is -2.17. The van der Waals surface area contributed by atoms with Crippen molar-refractivity contribution in [2.45, 2.75) is 0 Å². The average Bonchev–Trinajstić information content (AvgIpc) is 2.46. The first kappa shape index (κ1) is 14.6. The summed E-state index contributed by atoms with van der Waals surface area (Å²) in [6.07, 6.45) is 0. The average molecular weight is 382 g/mol. The van der Waals surface area contributed by atoms with Gasteiger partial charge in [0.25, 0.3) is 5.91 Å². The Balaban J connectivity index is 1.94. The Kier molecular flexibility index (Phi) is 4.84. The highest BCUT2D eigenvalue weighted by Gasteiger charge is 2.11. The van der Waals surface area contributed by atoms with E-state index in [4.69, 9.17) is 10.5 Å². The molecule has 0 spiro atoms. The van der Waals surface area contributed by atoms with Gasteiger partial charge in [-0.15, -0.1) is 0 Å². The van der Waals surface area contributed by atoms with Crippen LogP contribution < -0.4 is 15.4 Å². The first-order valence-corrected chi connectivity index (χ1v) is 7.14. The summed E-state index contributed by atoms with van der Waals surface area (Å²) in [5.41, 5.74) is 7.08. The van der Waals surface area contributed by atoms with Gasteiger partial charge in [-0.05, 0) is 71.1 Å². The minimum atomic E-state index is -0.117. The second kappa shape index (κ2) is 6.60. The maximum Gasteiger partial charge on any atom is 0.264 e. The number of carbonyl (C=O) groups excluding carboxylic acids is 1. The zero-order chi connectivity index (χ0) is 14.5. The molecule has 104 valence electrons. The number of anilines is 2. The predicted octanol–water partition coefficient (Wildman–Crippen LogP) is 2.92. The lowest BCUT2D eigenvalue weighted by molar-refractivity contribution is -0.120. The van der Waals surface area contributed by atoms with E-state index in [-0.39, 0.29) is 12.5 Å². The highest BCUT2D eigenvalue weighted by atomic mass is 127. The third-order valence-electron chi connectivity index (χ3n) is 2.83. The van der Waals surface area contributed by atoms with Crippen molar-refractivity contribution < 1.29 is 9.53 Å². The first-order chi connectivity index (χ1) is 9.56. The maximum atomic E-state index is 12.0. The summed E-state index contributed by atoms with van der Waals surface area (Å²) < 4.78 is 6.60. The minimum Gasteiger partial charge on any atom is -0.484 e. The van der Waals surface area contributed by atoms with Gasteiger partial charge in [-0.25, -0.2) is 0 Å². The van der Waals surface area contributed by atoms with Crippen molar-refractivity contribution in [3.05, 3.63) is 52.1 Å². The van der Waals surface area contributed by atoms with Gasteiger partial charge in [0.15, 0.2) is 6.61 Å². The van der Waals surface area contributed by atoms with Crippen LogP contribution in [0.4, 0.5) is 11.4 Å². The van der Waals surface area contributed by atoms with Crippen LogP contribution in [-0.2, 0) is 4.79 Å². The molecule has 0 unspecified atom stereocenters. The van der Waals surface area contributed by atoms with Crippen molar-refractivity contribution >= 4 is 39.9 Å². The second-order valence-corrected chi connectivity index (χ2v) is 5.53. The number of likely N-dealkylation sites (N-methyl/N-ethyl adjacent to an activating group) is 1. The summed E-state index contributed by atoms with van der Waals surface area (Å²) in [6.45, 7) is 0.00146. The Morgan fingerprint density at radius 1 is 1.15 bits per heavy atom. The molecule has 0 aliphatic carbocycles. The van der Waals surface area contributed by atoms with Crippen LogP contribution in [0.5, 0.6) is 5.75 Å². The largest absolute Gasteiger partial charge is 0.484 e. The number of rotatable bonds is 4. The number of hydrogen-bond acceptors (Lipinski definition) is 3. The number of nitrogens with two attached hydrogens (primary N) is 1. The number of nitrogens with zero attached hydrogens (tertiary/aromatic N) is 1. The molecule has 0 atom stereocenters. The quantitative estimate of drug-likeness (QED) is 0.654. The zero-order valence-corrected chi connectivity index (χ0v) is 13.2. The van der Waals surface area contributed by atoms with Gasteiger partial charge in [-0.3, -0.25) is 4.79 Å². The van der Waals surface area contributed by atoms with Crippen LogP contribution in [0.2, 0.25) is 0 Å². The molecule has 0 aromatic heterocycles. The number of halogens is 1. The first-order valence-electron chi connectivity index (χ1n) is 6.07. The van der Waals surface area contributed by atoms with Crippen LogP contribution >= 0.6 is 22.6 Å². The lowest BCUT2D eigenvalue weighted by atomic mass is 10.2. The van der Waals surface area contributed by atoms with Crippen LogP contribution in [0.1, 0.15) is 0 Å². The van der Waals surface area contributed by atoms with Gasteiger partial charge >= 0.3 is 0 Å². The van der Waals surface area contributed by atoms with E-state index < -0.39 is 0 Å². The molecule has 0 aliphatic heterocycles. The molecule has 2 aromatic carbocycles. The van der Waals surface area contributed by atoms with Crippen molar-refractivity contribution in [3.8, 4) is 5.75 Å². The molecular weight excluding hydrogens is 367 g/mol. The van der Waals surface area contributed by atoms with Gasteiger partial charge < -0.3 is 15.4 Å². The molecule has 1 amide bonds. The number of benzene rings is 2. The van der Waals surface area contributed by atoms with E-state index in [0.29, 0.717) is 11.4 Å². The Bertz CT molecular complexity index is 582. The maximum absolute atomic E-state index is 12.0. The fourth-order valence-electron chi connectivity index (χ4n) is 1.61. The topological polar surface area (TPSA) is 55.6 Å². The monoisotopic (exact) mass is 382 g/mol. The van der Waals surface area contributed by atoms with Gasteiger partial charge in [0.05, 0.1) is 0 Å². The van der Waals surface area contributed by atoms with Crippen LogP contribution in [0.15, 0.2) is 48.5 Å². The van der Waals surface area contributed by atoms with Gasteiger partial charge in [0.2, 0.25) is 0 Å². The second-order valence-electron chi connectivity index (χ2n) is 4.29. The summed E-state index contributed by atoms with van der Waals surface area (Å²) in [5.74, 6) is 0.567. The minimum absolute atomic E-state index is 0.00146. The zero-order valence-electron chi connectivity index (χ0n) is 11.0. The summed E-state index contributed by atoms with van der Waals surface area (Å²) in [5, 5.41) is 0. The SMILES string of the molecule is CN(C(=O)COc1ccc(I)cc1)c1ccc(N)cc1. The van der Waals surface area contributed by atoms with Crippen LogP contribution in [-0.4, -0.2) is 19.6 Å². The summed E-state index contributed by atoms with van der Waals surface area (Å²) in [4.78, 5) is 13.6. The molecule has 20 heavy (non-hydrogen) atoms. The third-order valence-corrected chi connectivity index (χ3v) is 3.55. The Labute approximate surface area is 131 Å². The summed E-state index contributed by atoms with van der Waals surface area (Å²) in [6, 6.07) is 14.7. The van der Waals surface area contributed by atoms with Gasteiger partial charge in [0, 0.05) is 22.0 Å². The normalized spacial score (nSPS) is 10.1. The van der Waals surface area contributed by atoms with Crippen LogP contribution in [0.3, 0.4) is 0 Å². The Morgan fingerprint density at radius 2 is 1.75 bits per heavy atom. The van der Waals surface area contributed by atoms with Crippen molar-refractivity contribution in [2.24, 2.45) is 0 Å². The highest BCUT2D eigenvalue weighted by Crippen LogP contribution is 2.16. The van der Waals surface area contributed by atoms with Crippen LogP contribution in [0, 0.1) is 3.57 Å². The van der Waals surface area contributed by atoms with Crippen molar-refractivity contribution in [1.29, 1.82) is 0 Å². The smallest absolute Gasteiger partial charge is 0.264 e. The highest BCUT2D eigenvalue weighted by molar-refractivity contribution is 14.1. The van der Waals surface area contributed by atoms with E-state index >= 15 is 0 Å². The molecule has 0 saturated carbocycles. The van der Waals surface area contributed by atoms with Gasteiger partial charge in [-0.2, -0.15) is 0 Å². The molecule has 5 heteroatoms. The van der Waals surface area contributed by atoms with E-state index in [1.165, 1.54) is 0 Å². The fourth-order valence-corrected chi connectivity index (χ4v) is 1.97. The molecular formula is C15H15IN2O2. The number of nitrogen functional groups attached to an aromatic ring is 1. The molecule has 0 heterocycles. The van der Waals surface area contributed by atoms with Crippen LogP contribution in [0.25, 0.3) is 0 Å². The Hall–Kier alpha value is -1.76. The van der Waals surface area contributed by atoms with E-state index in [9.17, 15) is 4.79 Å². The molecule has 2 N–H and O–H groups in total. The van der Waals surface area contributed by atoms with Gasteiger partial charge in [0.1, 0.15) is 5.75 Å². The van der Waals surface area contributed by atoms with E-state index in [0.717, 1.165) is 9.26 Å². The molecule has 0 fully saturated rings. The molecule has 0 bridgehead atoms.